The number of hydrogen-bond donors (Lipinski definition) is 0. The van der Waals surface area contributed by atoms with E-state index in [9.17, 15) is 9.59 Å². The minimum atomic E-state index is -0.519. The van der Waals surface area contributed by atoms with Gasteiger partial charge >= 0.3 is 11.9 Å². The summed E-state index contributed by atoms with van der Waals surface area (Å²) in [4.78, 5) is 25.0. The molecule has 0 amide bonds. The minimum Gasteiger partial charge on any atom is -0.462 e. The summed E-state index contributed by atoms with van der Waals surface area (Å²) in [6, 6.07) is 0. The first kappa shape index (κ1) is 48.9. The maximum atomic E-state index is 12.6. The van der Waals surface area contributed by atoms with Gasteiger partial charge in [-0.15, -0.1) is 0 Å². The topological polar surface area (TPSA) is 61.8 Å². The quantitative estimate of drug-likeness (QED) is 0.0466. The highest BCUT2D eigenvalue weighted by Crippen LogP contribution is 2.15. The fourth-order valence-corrected chi connectivity index (χ4v) is 6.75. The Hall–Kier alpha value is -1.10. The van der Waals surface area contributed by atoms with Crippen molar-refractivity contribution in [1.29, 1.82) is 0 Å². The Kier molecular flexibility index (Phi) is 41.4. The predicted octanol–water partition coefficient (Wildman–Crippen LogP) is 14.6. The van der Waals surface area contributed by atoms with Crippen LogP contribution in [-0.4, -0.2) is 37.9 Å². The van der Waals surface area contributed by atoms with E-state index >= 15 is 0 Å². The van der Waals surface area contributed by atoms with Gasteiger partial charge in [0, 0.05) is 19.4 Å². The molecule has 0 aliphatic carbocycles. The van der Waals surface area contributed by atoms with Crippen LogP contribution in [-0.2, 0) is 23.8 Å². The number of carbonyl (C=O) groups is 2. The van der Waals surface area contributed by atoms with Crippen molar-refractivity contribution in [3.8, 4) is 0 Å². The molecule has 0 spiro atoms. The molecule has 0 radical (unpaired) electrons. The number of unbranched alkanes of at least 4 members (excludes halogenated alkanes) is 31. The van der Waals surface area contributed by atoms with Gasteiger partial charge in [-0.2, -0.15) is 0 Å². The number of ether oxygens (including phenoxy) is 3. The lowest BCUT2D eigenvalue weighted by Crippen LogP contribution is -2.30. The number of carbonyl (C=O) groups excluding carboxylic acids is 2. The summed E-state index contributed by atoms with van der Waals surface area (Å²) in [7, 11) is 0. The molecule has 0 aliphatic rings. The van der Waals surface area contributed by atoms with Crippen LogP contribution in [0.2, 0.25) is 0 Å². The molecule has 0 bridgehead atoms. The highest BCUT2D eigenvalue weighted by atomic mass is 16.6. The SMILES string of the molecule is CCCCCCCCCCCCCCCCCCOCC(COC(=O)CCCCCCCCCCCCC)OC(=O)CCCCCCCCC. The lowest BCUT2D eigenvalue weighted by molar-refractivity contribution is -0.163. The first-order valence-corrected chi connectivity index (χ1v) is 22.6. The molecule has 0 aliphatic heterocycles. The molecule has 50 heavy (non-hydrogen) atoms. The summed E-state index contributed by atoms with van der Waals surface area (Å²) in [5, 5.41) is 0. The normalized spacial score (nSPS) is 12.0. The Bertz CT molecular complexity index is 680. The van der Waals surface area contributed by atoms with E-state index in [2.05, 4.69) is 20.8 Å². The van der Waals surface area contributed by atoms with Crippen LogP contribution in [0, 0.1) is 0 Å². The molecule has 0 aromatic heterocycles. The second-order valence-corrected chi connectivity index (χ2v) is 15.3. The molecule has 5 heteroatoms. The average molecular weight is 709 g/mol. The lowest BCUT2D eigenvalue weighted by atomic mass is 10.0. The second kappa shape index (κ2) is 42.3. The van der Waals surface area contributed by atoms with Crippen molar-refractivity contribution >= 4 is 11.9 Å². The monoisotopic (exact) mass is 709 g/mol. The van der Waals surface area contributed by atoms with Crippen molar-refractivity contribution in [2.24, 2.45) is 0 Å². The Morgan fingerprint density at radius 3 is 1.02 bits per heavy atom. The zero-order valence-corrected chi connectivity index (χ0v) is 34.2. The lowest BCUT2D eigenvalue weighted by Gasteiger charge is -2.18. The van der Waals surface area contributed by atoms with Crippen LogP contribution in [0.5, 0.6) is 0 Å². The van der Waals surface area contributed by atoms with Gasteiger partial charge in [-0.3, -0.25) is 9.59 Å². The molecule has 0 N–H and O–H groups in total. The van der Waals surface area contributed by atoms with Crippen LogP contribution >= 0.6 is 0 Å². The summed E-state index contributed by atoms with van der Waals surface area (Å²) < 4.78 is 17.3. The highest BCUT2D eigenvalue weighted by Gasteiger charge is 2.17. The Balaban J connectivity index is 4.08. The van der Waals surface area contributed by atoms with Crippen molar-refractivity contribution in [3.05, 3.63) is 0 Å². The van der Waals surface area contributed by atoms with Gasteiger partial charge < -0.3 is 14.2 Å². The molecule has 1 unspecified atom stereocenters. The molecule has 0 aromatic rings. The second-order valence-electron chi connectivity index (χ2n) is 15.3. The summed E-state index contributed by atoms with van der Waals surface area (Å²) in [5.41, 5.74) is 0. The third kappa shape index (κ3) is 39.7. The van der Waals surface area contributed by atoms with Gasteiger partial charge in [-0.05, 0) is 19.3 Å². The molecular formula is C45H88O5. The van der Waals surface area contributed by atoms with Crippen LogP contribution in [0.15, 0.2) is 0 Å². The molecular weight excluding hydrogens is 620 g/mol. The zero-order valence-electron chi connectivity index (χ0n) is 34.2. The van der Waals surface area contributed by atoms with Gasteiger partial charge in [-0.25, -0.2) is 0 Å². The fraction of sp³-hybridized carbons (Fsp3) is 0.956. The third-order valence-corrected chi connectivity index (χ3v) is 10.1. The molecule has 0 fully saturated rings. The Labute approximate surface area is 312 Å². The van der Waals surface area contributed by atoms with E-state index in [0.29, 0.717) is 26.1 Å². The molecule has 0 heterocycles. The summed E-state index contributed by atoms with van der Waals surface area (Å²) in [6.07, 6.45) is 43.9. The van der Waals surface area contributed by atoms with E-state index < -0.39 is 6.10 Å². The van der Waals surface area contributed by atoms with E-state index in [1.165, 1.54) is 186 Å². The molecule has 0 aromatic carbocycles. The summed E-state index contributed by atoms with van der Waals surface area (Å²) in [6.45, 7) is 7.84. The van der Waals surface area contributed by atoms with Gasteiger partial charge in [0.1, 0.15) is 6.61 Å². The number of hydrogen-bond acceptors (Lipinski definition) is 5. The maximum absolute atomic E-state index is 12.6. The molecule has 298 valence electrons. The predicted molar refractivity (Wildman–Crippen MR) is 215 cm³/mol. The number of esters is 2. The first-order chi connectivity index (χ1) is 24.6. The zero-order chi connectivity index (χ0) is 36.4. The van der Waals surface area contributed by atoms with Crippen LogP contribution in [0.4, 0.5) is 0 Å². The van der Waals surface area contributed by atoms with E-state index in [4.69, 9.17) is 14.2 Å². The fourth-order valence-electron chi connectivity index (χ4n) is 6.75. The standard InChI is InChI=1S/C45H88O5/c1-4-7-10-13-16-18-20-21-22-23-24-26-28-31-34-37-40-48-41-43(50-45(47)39-36-33-29-15-12-9-6-3)42-49-44(46)38-35-32-30-27-25-19-17-14-11-8-5-2/h43H,4-42H2,1-3H3. The van der Waals surface area contributed by atoms with E-state index in [0.717, 1.165) is 32.1 Å². The van der Waals surface area contributed by atoms with Crippen LogP contribution in [0.25, 0.3) is 0 Å². The van der Waals surface area contributed by atoms with Gasteiger partial charge in [0.25, 0.3) is 0 Å². The van der Waals surface area contributed by atoms with Crippen molar-refractivity contribution in [1.82, 2.24) is 0 Å². The maximum Gasteiger partial charge on any atom is 0.306 e. The third-order valence-electron chi connectivity index (χ3n) is 10.1. The average Bonchev–Trinajstić information content (AvgIpc) is 3.11. The van der Waals surface area contributed by atoms with Crippen molar-refractivity contribution < 1.29 is 23.8 Å². The highest BCUT2D eigenvalue weighted by molar-refractivity contribution is 5.70. The van der Waals surface area contributed by atoms with E-state index in [1.54, 1.807) is 0 Å². The van der Waals surface area contributed by atoms with Crippen molar-refractivity contribution in [2.45, 2.75) is 258 Å². The molecule has 0 saturated carbocycles. The molecule has 5 nitrogen and oxygen atoms in total. The summed E-state index contributed by atoms with van der Waals surface area (Å²) in [5.74, 6) is -0.386. The van der Waals surface area contributed by atoms with Gasteiger partial charge in [0.05, 0.1) is 6.61 Å². The molecule has 1 atom stereocenters. The van der Waals surface area contributed by atoms with Crippen molar-refractivity contribution in [2.75, 3.05) is 19.8 Å². The largest absolute Gasteiger partial charge is 0.462 e. The molecule has 0 saturated heterocycles. The van der Waals surface area contributed by atoms with E-state index in [1.807, 2.05) is 0 Å². The van der Waals surface area contributed by atoms with Crippen molar-refractivity contribution in [3.63, 3.8) is 0 Å². The smallest absolute Gasteiger partial charge is 0.306 e. The van der Waals surface area contributed by atoms with Gasteiger partial charge in [0.15, 0.2) is 6.10 Å². The van der Waals surface area contributed by atoms with Crippen LogP contribution < -0.4 is 0 Å². The minimum absolute atomic E-state index is 0.0958. The Morgan fingerprint density at radius 1 is 0.360 bits per heavy atom. The summed E-state index contributed by atoms with van der Waals surface area (Å²) >= 11 is 0. The first-order valence-electron chi connectivity index (χ1n) is 22.6. The number of rotatable bonds is 42. The van der Waals surface area contributed by atoms with E-state index in [-0.39, 0.29) is 18.5 Å². The Morgan fingerprint density at radius 2 is 0.660 bits per heavy atom. The van der Waals surface area contributed by atoms with Crippen LogP contribution in [0.3, 0.4) is 0 Å². The molecule has 0 rings (SSSR count). The van der Waals surface area contributed by atoms with Gasteiger partial charge in [0.2, 0.25) is 0 Å². The van der Waals surface area contributed by atoms with Gasteiger partial charge in [-0.1, -0.05) is 220 Å². The van der Waals surface area contributed by atoms with Crippen LogP contribution in [0.1, 0.15) is 252 Å².